The smallest absolute Gasteiger partial charge is 0.320 e. The molecule has 2 heterocycles. The van der Waals surface area contributed by atoms with Crippen molar-refractivity contribution in [3.8, 4) is 0 Å². The minimum absolute atomic E-state index is 0.261. The number of piperidine rings is 1. The van der Waals surface area contributed by atoms with E-state index in [4.69, 9.17) is 5.11 Å². The first kappa shape index (κ1) is 11.8. The quantitative estimate of drug-likeness (QED) is 0.730. The topological polar surface area (TPSA) is 52.6 Å². The second kappa shape index (κ2) is 4.30. The maximum atomic E-state index is 13.6. The highest BCUT2D eigenvalue weighted by molar-refractivity contribution is 5.73. The van der Waals surface area contributed by atoms with Crippen LogP contribution in [-0.4, -0.2) is 53.4 Å². The molecule has 16 heavy (non-hydrogen) atoms. The molecule has 0 saturated carbocycles. The van der Waals surface area contributed by atoms with E-state index in [0.29, 0.717) is 25.8 Å². The van der Waals surface area contributed by atoms with E-state index in [1.54, 1.807) is 6.92 Å². The van der Waals surface area contributed by atoms with Crippen molar-refractivity contribution in [3.05, 3.63) is 0 Å². The van der Waals surface area contributed by atoms with Crippen LogP contribution in [0.5, 0.6) is 0 Å². The number of rotatable bonds is 2. The number of nitrogens with one attached hydrogen (secondary N) is 1. The van der Waals surface area contributed by atoms with Crippen LogP contribution < -0.4 is 5.32 Å². The molecular formula is C11H19FN2O2. The van der Waals surface area contributed by atoms with Crippen LogP contribution in [0.15, 0.2) is 0 Å². The molecule has 0 spiro atoms. The van der Waals surface area contributed by atoms with Gasteiger partial charge in [0, 0.05) is 25.7 Å². The maximum absolute atomic E-state index is 13.6. The van der Waals surface area contributed by atoms with Gasteiger partial charge in [0.1, 0.15) is 11.7 Å². The standard InChI is InChI=1S/C11H19FN2O2/c1-11(12)2-4-14(5-3-11)8-6-9(10(15)16)13-7-8/h8-9,13H,2-7H2,1H3,(H,15,16)/t8-,9?/m1/s1. The summed E-state index contributed by atoms with van der Waals surface area (Å²) in [7, 11) is 0. The lowest BCUT2D eigenvalue weighted by Crippen LogP contribution is -2.46. The van der Waals surface area contributed by atoms with Gasteiger partial charge < -0.3 is 10.4 Å². The average molecular weight is 230 g/mol. The molecule has 2 N–H and O–H groups in total. The molecule has 2 rings (SSSR count). The number of carboxylic acid groups (broad SMARTS) is 1. The van der Waals surface area contributed by atoms with Crippen LogP contribution in [0.2, 0.25) is 0 Å². The largest absolute Gasteiger partial charge is 0.480 e. The van der Waals surface area contributed by atoms with Crippen molar-refractivity contribution in [3.63, 3.8) is 0 Å². The minimum Gasteiger partial charge on any atom is -0.480 e. The van der Waals surface area contributed by atoms with E-state index >= 15 is 0 Å². The van der Waals surface area contributed by atoms with Crippen molar-refractivity contribution in [2.24, 2.45) is 0 Å². The minimum atomic E-state index is -1.03. The van der Waals surface area contributed by atoms with Gasteiger partial charge in [-0.3, -0.25) is 9.69 Å². The Labute approximate surface area is 94.8 Å². The summed E-state index contributed by atoms with van der Waals surface area (Å²) in [6.07, 6.45) is 1.75. The number of halogens is 1. The monoisotopic (exact) mass is 230 g/mol. The van der Waals surface area contributed by atoms with E-state index in [1.807, 2.05) is 0 Å². The van der Waals surface area contributed by atoms with Crippen LogP contribution in [0.3, 0.4) is 0 Å². The van der Waals surface area contributed by atoms with Gasteiger partial charge in [0.15, 0.2) is 0 Å². The third-order valence-corrected chi connectivity index (χ3v) is 3.76. The molecule has 5 heteroatoms. The normalized spacial score (nSPS) is 35.1. The molecule has 0 aliphatic carbocycles. The third-order valence-electron chi connectivity index (χ3n) is 3.76. The predicted molar refractivity (Wildman–Crippen MR) is 58.2 cm³/mol. The van der Waals surface area contributed by atoms with Crippen LogP contribution in [-0.2, 0) is 4.79 Å². The molecule has 2 fully saturated rings. The van der Waals surface area contributed by atoms with E-state index in [-0.39, 0.29) is 6.04 Å². The molecule has 92 valence electrons. The second-order valence-corrected chi connectivity index (χ2v) is 5.14. The van der Waals surface area contributed by atoms with Gasteiger partial charge in [0.25, 0.3) is 0 Å². The molecule has 0 radical (unpaired) electrons. The van der Waals surface area contributed by atoms with Gasteiger partial charge in [-0.25, -0.2) is 4.39 Å². The molecule has 2 aliphatic heterocycles. The Morgan fingerprint density at radius 2 is 2.12 bits per heavy atom. The Balaban J connectivity index is 1.85. The molecule has 2 atom stereocenters. The fraction of sp³-hybridized carbons (Fsp3) is 0.909. The summed E-state index contributed by atoms with van der Waals surface area (Å²) in [6, 6.07) is -0.166. The van der Waals surface area contributed by atoms with Crippen LogP contribution in [0.1, 0.15) is 26.2 Å². The van der Waals surface area contributed by atoms with Crippen molar-refractivity contribution in [1.82, 2.24) is 10.2 Å². The molecule has 0 aromatic heterocycles. The summed E-state index contributed by atoms with van der Waals surface area (Å²) in [5.74, 6) is -0.783. The van der Waals surface area contributed by atoms with Crippen LogP contribution >= 0.6 is 0 Å². The zero-order valence-corrected chi connectivity index (χ0v) is 9.58. The van der Waals surface area contributed by atoms with Crippen LogP contribution in [0.4, 0.5) is 4.39 Å². The molecule has 2 saturated heterocycles. The number of hydrogen-bond donors (Lipinski definition) is 2. The van der Waals surface area contributed by atoms with Gasteiger partial charge in [0.2, 0.25) is 0 Å². The second-order valence-electron chi connectivity index (χ2n) is 5.14. The lowest BCUT2D eigenvalue weighted by Gasteiger charge is -2.37. The molecule has 2 aliphatic rings. The van der Waals surface area contributed by atoms with E-state index < -0.39 is 17.7 Å². The summed E-state index contributed by atoms with van der Waals surface area (Å²) in [4.78, 5) is 13.0. The molecule has 0 aromatic rings. The number of nitrogens with zero attached hydrogens (tertiary/aromatic N) is 1. The number of alkyl halides is 1. The van der Waals surface area contributed by atoms with Crippen LogP contribution in [0.25, 0.3) is 0 Å². The number of likely N-dealkylation sites (tertiary alicyclic amines) is 1. The Hall–Kier alpha value is -0.680. The zero-order chi connectivity index (χ0) is 11.8. The first-order valence-electron chi connectivity index (χ1n) is 5.87. The molecule has 0 amide bonds. The summed E-state index contributed by atoms with van der Waals surface area (Å²) < 4.78 is 13.6. The number of carbonyl (C=O) groups is 1. The fourth-order valence-electron chi connectivity index (χ4n) is 2.54. The predicted octanol–water partition coefficient (Wildman–Crippen LogP) is 0.625. The summed E-state index contributed by atoms with van der Waals surface area (Å²) in [5, 5.41) is 11.9. The highest BCUT2D eigenvalue weighted by Gasteiger charge is 2.37. The number of aliphatic carboxylic acids is 1. The van der Waals surface area contributed by atoms with Gasteiger partial charge >= 0.3 is 5.97 Å². The van der Waals surface area contributed by atoms with Crippen LogP contribution in [0, 0.1) is 0 Å². The lowest BCUT2D eigenvalue weighted by molar-refractivity contribution is -0.139. The highest BCUT2D eigenvalue weighted by Crippen LogP contribution is 2.28. The lowest BCUT2D eigenvalue weighted by atomic mass is 9.94. The van der Waals surface area contributed by atoms with E-state index in [0.717, 1.165) is 13.1 Å². The van der Waals surface area contributed by atoms with E-state index in [1.165, 1.54) is 0 Å². The number of carboxylic acids is 1. The van der Waals surface area contributed by atoms with E-state index in [9.17, 15) is 9.18 Å². The Morgan fingerprint density at radius 3 is 2.62 bits per heavy atom. The molecule has 1 unspecified atom stereocenters. The van der Waals surface area contributed by atoms with Gasteiger partial charge in [-0.15, -0.1) is 0 Å². The summed E-state index contributed by atoms with van der Waals surface area (Å²) in [6.45, 7) is 3.84. The number of hydrogen-bond acceptors (Lipinski definition) is 3. The third kappa shape index (κ3) is 2.52. The first-order chi connectivity index (χ1) is 7.48. The van der Waals surface area contributed by atoms with Crippen molar-refractivity contribution >= 4 is 5.97 Å². The Kier molecular flexibility index (Phi) is 3.17. The van der Waals surface area contributed by atoms with Gasteiger partial charge in [-0.05, 0) is 26.2 Å². The van der Waals surface area contributed by atoms with Crippen molar-refractivity contribution in [2.45, 2.75) is 43.9 Å². The van der Waals surface area contributed by atoms with E-state index in [2.05, 4.69) is 10.2 Å². The summed E-state index contributed by atoms with van der Waals surface area (Å²) >= 11 is 0. The highest BCUT2D eigenvalue weighted by atomic mass is 19.1. The average Bonchev–Trinajstić information content (AvgIpc) is 2.66. The zero-order valence-electron chi connectivity index (χ0n) is 9.58. The Morgan fingerprint density at radius 1 is 1.50 bits per heavy atom. The van der Waals surface area contributed by atoms with Gasteiger partial charge in [-0.2, -0.15) is 0 Å². The van der Waals surface area contributed by atoms with Crippen molar-refractivity contribution < 1.29 is 14.3 Å². The van der Waals surface area contributed by atoms with Crippen molar-refractivity contribution in [1.29, 1.82) is 0 Å². The fourth-order valence-corrected chi connectivity index (χ4v) is 2.54. The molecule has 4 nitrogen and oxygen atoms in total. The van der Waals surface area contributed by atoms with Crippen molar-refractivity contribution in [2.75, 3.05) is 19.6 Å². The molecular weight excluding hydrogens is 211 g/mol. The molecule has 0 aromatic carbocycles. The molecule has 0 bridgehead atoms. The van der Waals surface area contributed by atoms with Gasteiger partial charge in [0.05, 0.1) is 0 Å². The Bertz CT molecular complexity index is 273. The summed E-state index contributed by atoms with van der Waals surface area (Å²) in [5.41, 5.74) is -1.03. The SMILES string of the molecule is CC1(F)CCN([C@H]2CNC(C(=O)O)C2)CC1. The maximum Gasteiger partial charge on any atom is 0.320 e. The first-order valence-corrected chi connectivity index (χ1v) is 5.87. The van der Waals surface area contributed by atoms with Gasteiger partial charge in [-0.1, -0.05) is 0 Å².